The van der Waals surface area contributed by atoms with Gasteiger partial charge in [-0.3, -0.25) is 14.6 Å². The van der Waals surface area contributed by atoms with Crippen molar-refractivity contribution in [2.24, 2.45) is 17.3 Å². The van der Waals surface area contributed by atoms with E-state index in [0.717, 1.165) is 49.5 Å². The van der Waals surface area contributed by atoms with Gasteiger partial charge < -0.3 is 29.2 Å². The number of carbonyl (C=O) groups excluding carboxylic acids is 2. The lowest BCUT2D eigenvalue weighted by Gasteiger charge is -2.61. The lowest BCUT2D eigenvalue weighted by Crippen LogP contribution is -2.73. The fourth-order valence-electron chi connectivity index (χ4n) is 12.4. The number of methoxy groups -OCH3 is 2. The number of benzene rings is 2. The molecule has 3 aromatic rings. The predicted octanol–water partition coefficient (Wildman–Crippen LogP) is 7.17. The molecule has 0 radical (unpaired) electrons. The molecule has 0 spiro atoms. The average Bonchev–Trinajstić information content (AvgIpc) is 3.73. The number of H-pyrrole nitrogens is 1. The maximum Gasteiger partial charge on any atom is 0.341 e. The van der Waals surface area contributed by atoms with Crippen LogP contribution in [0.4, 0.5) is 14.5 Å². The van der Waals surface area contributed by atoms with Crippen LogP contribution in [0.2, 0.25) is 0 Å². The molecule has 2 saturated heterocycles. The van der Waals surface area contributed by atoms with Crippen LogP contribution in [0.25, 0.3) is 10.9 Å². The Hall–Kier alpha value is -3.27. The van der Waals surface area contributed by atoms with Gasteiger partial charge in [0, 0.05) is 119 Å². The number of fused-ring (bicyclic) bond motifs is 5. The van der Waals surface area contributed by atoms with Crippen molar-refractivity contribution in [2.75, 3.05) is 59.4 Å². The Bertz CT molecular complexity index is 2170. The number of rotatable bonds is 8. The molecule has 4 aliphatic heterocycles. The number of hydrogen-bond donors (Lipinski definition) is 2. The summed E-state index contributed by atoms with van der Waals surface area (Å²) in [6.07, 6.45) is 5.01. The number of nitrogens with one attached hydrogen (secondary N) is 1. The number of carbonyl (C=O) groups is 2. The highest BCUT2D eigenvalue weighted by Gasteiger charge is 2.73. The summed E-state index contributed by atoms with van der Waals surface area (Å²) in [4.78, 5) is 37.5. The maximum absolute atomic E-state index is 15.3. The fourth-order valence-corrected chi connectivity index (χ4v) is 12.9. The molecule has 5 heterocycles. The minimum Gasteiger partial charge on any atom is -0.496 e. The van der Waals surface area contributed by atoms with Gasteiger partial charge in [0.25, 0.3) is 0 Å². The number of piperidine rings is 1. The number of aliphatic hydroxyl groups is 1. The maximum atomic E-state index is 15.3. The van der Waals surface area contributed by atoms with Crippen LogP contribution in [-0.4, -0.2) is 110 Å². The van der Waals surface area contributed by atoms with E-state index in [4.69, 9.17) is 14.2 Å². The lowest BCUT2D eigenvalue weighted by atomic mass is 9.48. The molecule has 2 N–H and O–H groups in total. The average molecular weight is 915 g/mol. The van der Waals surface area contributed by atoms with Gasteiger partial charge in [-0.1, -0.05) is 19.1 Å². The second kappa shape index (κ2) is 14.4. The molecule has 2 aromatic carbocycles. The normalized spacial score (nSPS) is 34.4. The Labute approximate surface area is 353 Å². The summed E-state index contributed by atoms with van der Waals surface area (Å²) in [6.45, 7) is 9.58. The van der Waals surface area contributed by atoms with Crippen LogP contribution in [0.15, 0.2) is 42.5 Å². The number of aromatic amines is 1. The van der Waals surface area contributed by atoms with E-state index in [1.165, 1.54) is 14.0 Å². The number of hydrogen-bond acceptors (Lipinski definition) is 9. The van der Waals surface area contributed by atoms with E-state index in [2.05, 4.69) is 91.7 Å². The third kappa shape index (κ3) is 6.21. The molecular formula is C45H57F2IN4O6. The summed E-state index contributed by atoms with van der Waals surface area (Å²) in [5.41, 5.74) is 1.22. The van der Waals surface area contributed by atoms with E-state index in [-0.39, 0.29) is 18.4 Å². The number of halogens is 3. The molecule has 3 fully saturated rings. The molecule has 2 bridgehead atoms. The van der Waals surface area contributed by atoms with Gasteiger partial charge in [0.05, 0.1) is 14.2 Å². The van der Waals surface area contributed by atoms with Gasteiger partial charge in [-0.05, 0) is 110 Å². The SMILES string of the molecule is CC[C@]12C=CCN3CC[C@](c4cc([C@@]5(C)C[C@H]6C[C@@H](C(C)(F)F)CN(Cc7c5[nH]c5ccc(I)cc75)C6)c(OC)cc4N(C)C)(C[C@@](O)(C(=O)OC)[C@@H]1OC(C)=O)[C@@H]32. The van der Waals surface area contributed by atoms with Gasteiger partial charge in [-0.25, -0.2) is 13.6 Å². The molecule has 5 aliphatic rings. The highest BCUT2D eigenvalue weighted by atomic mass is 127. The van der Waals surface area contributed by atoms with Crippen LogP contribution < -0.4 is 9.64 Å². The first kappa shape index (κ1) is 41.5. The highest BCUT2D eigenvalue weighted by Crippen LogP contribution is 2.64. The Balaban J connectivity index is 1.41. The zero-order valence-electron chi connectivity index (χ0n) is 34.9. The standard InChI is InChI=1S/C45H57F2IN4O6/c1-9-43-13-10-15-52-16-14-44(38(43)52,25-45(55,40(54)57-8)39(43)58-26(2)53)32-19-33(36(56-7)20-35(32)50(5)6)41(3)21-27-17-28(42(4,46)47)23-51(22-27)24-31-30-18-29(48)11-12-34(30)49-37(31)41/h10-13,18-20,27-28,38-39,49,55H,9,14-17,21-25H2,1-8H3/t27-,28-,38+,39-,41-,43-,44-,45+/m1/s1. The predicted molar refractivity (Wildman–Crippen MR) is 228 cm³/mol. The number of ether oxygens (including phenoxy) is 3. The molecule has 8 rings (SSSR count). The van der Waals surface area contributed by atoms with Crippen LogP contribution >= 0.6 is 22.6 Å². The third-order valence-electron chi connectivity index (χ3n) is 14.7. The molecule has 1 aromatic heterocycles. The molecule has 9 atom stereocenters. The second-order valence-electron chi connectivity index (χ2n) is 18.4. The Morgan fingerprint density at radius 1 is 1.14 bits per heavy atom. The van der Waals surface area contributed by atoms with E-state index in [1.807, 2.05) is 21.0 Å². The number of anilines is 1. The lowest BCUT2D eigenvalue weighted by molar-refractivity contribution is -0.224. The van der Waals surface area contributed by atoms with Crippen LogP contribution in [0.3, 0.4) is 0 Å². The summed E-state index contributed by atoms with van der Waals surface area (Å²) in [7, 11) is 6.92. The van der Waals surface area contributed by atoms with Crippen LogP contribution in [-0.2, 0) is 36.4 Å². The van der Waals surface area contributed by atoms with Crippen LogP contribution in [0.1, 0.15) is 82.2 Å². The molecule has 1 aliphatic carbocycles. The smallest absolute Gasteiger partial charge is 0.341 e. The van der Waals surface area contributed by atoms with Gasteiger partial charge in [0.2, 0.25) is 11.5 Å². The van der Waals surface area contributed by atoms with Gasteiger partial charge in [-0.2, -0.15) is 0 Å². The van der Waals surface area contributed by atoms with Crippen molar-refractivity contribution < 1.29 is 37.7 Å². The van der Waals surface area contributed by atoms with Crippen molar-refractivity contribution in [3.8, 4) is 5.75 Å². The van der Waals surface area contributed by atoms with Crippen molar-refractivity contribution in [1.29, 1.82) is 0 Å². The molecule has 10 nitrogen and oxygen atoms in total. The Morgan fingerprint density at radius 2 is 1.90 bits per heavy atom. The minimum absolute atomic E-state index is 0.0316. The van der Waals surface area contributed by atoms with Crippen molar-refractivity contribution in [1.82, 2.24) is 14.8 Å². The summed E-state index contributed by atoms with van der Waals surface area (Å²) in [5.74, 6) is -4.37. The van der Waals surface area contributed by atoms with E-state index in [9.17, 15) is 14.7 Å². The third-order valence-corrected chi connectivity index (χ3v) is 15.4. The largest absolute Gasteiger partial charge is 0.496 e. The molecule has 13 heteroatoms. The highest BCUT2D eigenvalue weighted by molar-refractivity contribution is 14.1. The molecule has 1 unspecified atom stereocenters. The first-order valence-electron chi connectivity index (χ1n) is 20.6. The molecule has 314 valence electrons. The summed E-state index contributed by atoms with van der Waals surface area (Å²) < 4.78 is 49.4. The van der Waals surface area contributed by atoms with Crippen molar-refractivity contribution >= 4 is 51.1 Å². The van der Waals surface area contributed by atoms with E-state index >= 15 is 8.78 Å². The van der Waals surface area contributed by atoms with Gasteiger partial charge in [0.1, 0.15) is 5.75 Å². The van der Waals surface area contributed by atoms with E-state index in [0.29, 0.717) is 64.2 Å². The Morgan fingerprint density at radius 3 is 2.55 bits per heavy atom. The van der Waals surface area contributed by atoms with E-state index in [1.54, 1.807) is 7.11 Å². The molecular weight excluding hydrogens is 857 g/mol. The Kier molecular flexibility index (Phi) is 10.3. The second-order valence-corrected chi connectivity index (χ2v) is 19.6. The van der Waals surface area contributed by atoms with Crippen molar-refractivity contribution in [3.63, 3.8) is 0 Å². The molecule has 0 amide bonds. The van der Waals surface area contributed by atoms with Crippen molar-refractivity contribution in [3.05, 3.63) is 68.4 Å². The van der Waals surface area contributed by atoms with Crippen LogP contribution in [0, 0.1) is 20.8 Å². The van der Waals surface area contributed by atoms with Gasteiger partial charge in [0.15, 0.2) is 6.10 Å². The van der Waals surface area contributed by atoms with E-state index < -0.39 is 51.7 Å². The van der Waals surface area contributed by atoms with Gasteiger partial charge >= 0.3 is 11.9 Å². The molecule has 1 saturated carbocycles. The monoisotopic (exact) mass is 914 g/mol. The number of alkyl halides is 2. The first-order valence-corrected chi connectivity index (χ1v) is 21.6. The number of esters is 2. The quantitative estimate of drug-likeness (QED) is 0.138. The van der Waals surface area contributed by atoms with Crippen LogP contribution in [0.5, 0.6) is 5.75 Å². The zero-order chi connectivity index (χ0) is 41.7. The summed E-state index contributed by atoms with van der Waals surface area (Å²) >= 11 is 2.34. The molecule has 58 heavy (non-hydrogen) atoms. The summed E-state index contributed by atoms with van der Waals surface area (Å²) in [5, 5.41) is 14.0. The first-order chi connectivity index (χ1) is 27.3. The fraction of sp³-hybridized carbons (Fsp3) is 0.600. The zero-order valence-corrected chi connectivity index (χ0v) is 37.0. The van der Waals surface area contributed by atoms with Crippen molar-refractivity contribution in [2.45, 2.75) is 101 Å². The topological polar surface area (TPSA) is 108 Å². The number of nitrogens with zero attached hydrogens (tertiary/aromatic N) is 3. The van der Waals surface area contributed by atoms with Gasteiger partial charge in [-0.15, -0.1) is 0 Å². The number of aromatic nitrogens is 1. The minimum atomic E-state index is -2.82. The summed E-state index contributed by atoms with van der Waals surface area (Å²) in [6, 6.07) is 10.4.